The van der Waals surface area contributed by atoms with Gasteiger partial charge in [-0.2, -0.15) is 5.10 Å². The fraction of sp³-hybridized carbons (Fsp3) is 0.111. The van der Waals surface area contributed by atoms with Crippen molar-refractivity contribution in [1.82, 2.24) is 14.8 Å². The van der Waals surface area contributed by atoms with Crippen molar-refractivity contribution in [2.24, 2.45) is 7.05 Å². The summed E-state index contributed by atoms with van der Waals surface area (Å²) in [7, 11) is 1.75. The van der Waals surface area contributed by atoms with E-state index in [9.17, 15) is 0 Å². The molecule has 0 radical (unpaired) electrons. The number of aromatic nitrogens is 3. The van der Waals surface area contributed by atoms with E-state index in [-0.39, 0.29) is 16.6 Å². The monoisotopic (exact) mass is 221 g/mol. The number of aryl methyl sites for hydroxylation is 1. The third-order valence-electron chi connectivity index (χ3n) is 2.10. The van der Waals surface area contributed by atoms with Gasteiger partial charge in [-0.15, -0.1) is 5.23 Å². The Morgan fingerprint density at radius 1 is 1.38 bits per heavy atom. The predicted octanol–water partition coefficient (Wildman–Crippen LogP) is 0.649. The highest BCUT2D eigenvalue weighted by Crippen LogP contribution is 2.26. The molecule has 2 rings (SSSR count). The van der Waals surface area contributed by atoms with Crippen LogP contribution in [0.3, 0.4) is 0 Å². The lowest BCUT2D eigenvalue weighted by molar-refractivity contribution is 0.0296. The maximum Gasteiger partial charge on any atom is 0.181 e. The van der Waals surface area contributed by atoms with Crippen LogP contribution < -0.4 is 11.0 Å². The zero-order chi connectivity index (χ0) is 11.7. The quantitative estimate of drug-likeness (QED) is 0.508. The molecule has 0 bridgehead atoms. The molecule has 7 nitrogen and oxygen atoms in total. The van der Waals surface area contributed by atoms with Gasteiger partial charge < -0.3 is 5.73 Å². The number of anilines is 2. The summed E-state index contributed by atoms with van der Waals surface area (Å²) >= 11 is 0. The van der Waals surface area contributed by atoms with Crippen molar-refractivity contribution in [2.45, 2.75) is 0 Å². The van der Waals surface area contributed by atoms with Gasteiger partial charge in [-0.1, -0.05) is 0 Å². The summed E-state index contributed by atoms with van der Waals surface area (Å²) in [5.74, 6) is 0.491. The number of hydrogen-bond donors (Lipinski definition) is 3. The van der Waals surface area contributed by atoms with Crippen LogP contribution in [-0.4, -0.2) is 25.2 Å². The van der Waals surface area contributed by atoms with Gasteiger partial charge in [0.05, 0.1) is 5.69 Å². The molecule has 0 aliphatic rings. The number of benzene rings is 1. The summed E-state index contributed by atoms with van der Waals surface area (Å²) in [5, 5.41) is 22.0. The molecular formula is C9H11N5O2. The summed E-state index contributed by atoms with van der Waals surface area (Å²) < 4.78 is 1.56. The Balaban J connectivity index is 2.47. The first kappa shape index (κ1) is 10.4. The van der Waals surface area contributed by atoms with Gasteiger partial charge in [0.2, 0.25) is 0 Å². The van der Waals surface area contributed by atoms with E-state index >= 15 is 0 Å². The molecule has 1 heterocycles. The third-order valence-corrected chi connectivity index (χ3v) is 2.10. The van der Waals surface area contributed by atoms with Gasteiger partial charge in [-0.05, 0) is 18.2 Å². The van der Waals surface area contributed by atoms with E-state index in [2.05, 4.69) is 10.1 Å². The average Bonchev–Trinajstić information content (AvgIpc) is 2.65. The van der Waals surface area contributed by atoms with Crippen molar-refractivity contribution in [2.75, 3.05) is 11.0 Å². The molecular weight excluding hydrogens is 210 g/mol. The molecule has 2 aromatic rings. The SMILES string of the molecule is Cn1cnc(-c2ccc(N)c(N(O)O)c2)n1. The van der Waals surface area contributed by atoms with Crippen molar-refractivity contribution in [3.05, 3.63) is 24.5 Å². The zero-order valence-corrected chi connectivity index (χ0v) is 8.57. The molecule has 0 aliphatic carbocycles. The van der Waals surface area contributed by atoms with E-state index in [0.717, 1.165) is 0 Å². The van der Waals surface area contributed by atoms with E-state index in [1.165, 1.54) is 6.07 Å². The first-order chi connectivity index (χ1) is 7.58. The molecule has 1 aromatic heterocycles. The number of nitrogens with zero attached hydrogens (tertiary/aromatic N) is 4. The largest absolute Gasteiger partial charge is 0.397 e. The molecule has 16 heavy (non-hydrogen) atoms. The number of nitrogens with two attached hydrogens (primary N) is 1. The lowest BCUT2D eigenvalue weighted by Gasteiger charge is -2.11. The highest BCUT2D eigenvalue weighted by molar-refractivity contribution is 5.72. The van der Waals surface area contributed by atoms with Gasteiger partial charge in [-0.25, -0.2) is 4.98 Å². The van der Waals surface area contributed by atoms with Crippen molar-refractivity contribution >= 4 is 11.4 Å². The zero-order valence-electron chi connectivity index (χ0n) is 8.57. The highest BCUT2D eigenvalue weighted by atomic mass is 16.8. The van der Waals surface area contributed by atoms with Gasteiger partial charge in [0, 0.05) is 12.6 Å². The van der Waals surface area contributed by atoms with Crippen LogP contribution in [0.1, 0.15) is 0 Å². The van der Waals surface area contributed by atoms with Crippen molar-refractivity contribution < 1.29 is 10.4 Å². The van der Waals surface area contributed by atoms with Gasteiger partial charge in [0.1, 0.15) is 12.0 Å². The van der Waals surface area contributed by atoms with Gasteiger partial charge >= 0.3 is 0 Å². The molecule has 84 valence electrons. The second kappa shape index (κ2) is 3.80. The molecule has 0 saturated heterocycles. The first-order valence-electron chi connectivity index (χ1n) is 4.51. The van der Waals surface area contributed by atoms with Crippen LogP contribution in [0.2, 0.25) is 0 Å². The fourth-order valence-corrected chi connectivity index (χ4v) is 1.33. The molecule has 0 atom stereocenters. The summed E-state index contributed by atoms with van der Waals surface area (Å²) in [6.45, 7) is 0. The maximum atomic E-state index is 8.94. The first-order valence-corrected chi connectivity index (χ1v) is 4.51. The molecule has 0 saturated carbocycles. The Morgan fingerprint density at radius 3 is 2.69 bits per heavy atom. The molecule has 1 aromatic carbocycles. The second-order valence-corrected chi connectivity index (χ2v) is 3.30. The topological polar surface area (TPSA) is 100 Å². The molecule has 0 unspecified atom stereocenters. The van der Waals surface area contributed by atoms with Gasteiger partial charge in [0.25, 0.3) is 0 Å². The summed E-state index contributed by atoms with van der Waals surface area (Å²) in [4.78, 5) is 4.05. The predicted molar refractivity (Wildman–Crippen MR) is 56.9 cm³/mol. The van der Waals surface area contributed by atoms with E-state index in [1.54, 1.807) is 30.2 Å². The van der Waals surface area contributed by atoms with Crippen LogP contribution in [0, 0.1) is 0 Å². The minimum atomic E-state index is -0.0260. The fourth-order valence-electron chi connectivity index (χ4n) is 1.33. The van der Waals surface area contributed by atoms with Crippen LogP contribution in [0.25, 0.3) is 11.4 Å². The maximum absolute atomic E-state index is 8.94. The molecule has 7 heteroatoms. The highest BCUT2D eigenvalue weighted by Gasteiger charge is 2.09. The molecule has 0 aliphatic heterocycles. The van der Waals surface area contributed by atoms with Crippen molar-refractivity contribution in [1.29, 1.82) is 0 Å². The molecule has 4 N–H and O–H groups in total. The average molecular weight is 221 g/mol. The van der Waals surface area contributed by atoms with Crippen LogP contribution >= 0.6 is 0 Å². The summed E-state index contributed by atoms with van der Waals surface area (Å²) in [6.07, 6.45) is 1.56. The lowest BCUT2D eigenvalue weighted by atomic mass is 10.1. The lowest BCUT2D eigenvalue weighted by Crippen LogP contribution is -2.13. The van der Waals surface area contributed by atoms with E-state index in [4.69, 9.17) is 16.1 Å². The number of rotatable bonds is 2. The summed E-state index contributed by atoms with van der Waals surface area (Å²) in [6, 6.07) is 4.75. The van der Waals surface area contributed by atoms with Gasteiger partial charge in [0.15, 0.2) is 5.82 Å². The Morgan fingerprint density at radius 2 is 2.12 bits per heavy atom. The Hall–Kier alpha value is -2.12. The van der Waals surface area contributed by atoms with E-state index in [0.29, 0.717) is 11.4 Å². The van der Waals surface area contributed by atoms with E-state index in [1.807, 2.05) is 0 Å². The van der Waals surface area contributed by atoms with Crippen molar-refractivity contribution in [3.8, 4) is 11.4 Å². The minimum Gasteiger partial charge on any atom is -0.397 e. The van der Waals surface area contributed by atoms with Gasteiger partial charge in [-0.3, -0.25) is 15.1 Å². The normalized spacial score (nSPS) is 10.4. The van der Waals surface area contributed by atoms with Crippen LogP contribution in [0.5, 0.6) is 0 Å². The standard InChI is InChI=1S/C9H11N5O2/c1-13-5-11-9(12-13)6-2-3-7(10)8(4-6)14(15)16/h2-5,15-16H,10H2,1H3. The number of hydrogen-bond acceptors (Lipinski definition) is 6. The molecule has 0 amide bonds. The van der Waals surface area contributed by atoms with Crippen LogP contribution in [0.4, 0.5) is 11.4 Å². The second-order valence-electron chi connectivity index (χ2n) is 3.30. The number of nitrogen functional groups attached to an aromatic ring is 1. The van der Waals surface area contributed by atoms with Crippen LogP contribution in [-0.2, 0) is 7.05 Å². The smallest absolute Gasteiger partial charge is 0.181 e. The third kappa shape index (κ3) is 1.81. The molecule has 0 fully saturated rings. The Labute approximate surface area is 91.3 Å². The minimum absolute atomic E-state index is 0.0260. The van der Waals surface area contributed by atoms with E-state index < -0.39 is 0 Å². The Bertz CT molecular complexity index is 508. The Kier molecular flexibility index (Phi) is 2.47. The summed E-state index contributed by atoms with van der Waals surface area (Å²) in [5.41, 5.74) is 6.56. The van der Waals surface area contributed by atoms with Crippen molar-refractivity contribution in [3.63, 3.8) is 0 Å². The molecule has 0 spiro atoms. The van der Waals surface area contributed by atoms with Crippen LogP contribution in [0.15, 0.2) is 24.5 Å².